The van der Waals surface area contributed by atoms with Crippen LogP contribution in [0, 0.1) is 6.92 Å². The van der Waals surface area contributed by atoms with Gasteiger partial charge in [-0.15, -0.1) is 22.7 Å². The van der Waals surface area contributed by atoms with Crippen molar-refractivity contribution >= 4 is 50.5 Å². The average Bonchev–Trinajstić information content (AvgIpc) is 3.13. The highest BCUT2D eigenvalue weighted by atomic mass is 35.5. The number of carbonyl (C=O) groups is 1. The van der Waals surface area contributed by atoms with E-state index in [1.54, 1.807) is 22.7 Å². The molecule has 0 radical (unpaired) electrons. The Labute approximate surface area is 140 Å². The van der Waals surface area contributed by atoms with Gasteiger partial charge >= 0.3 is 5.97 Å². The van der Waals surface area contributed by atoms with E-state index >= 15 is 0 Å². The zero-order chi connectivity index (χ0) is 15.7. The van der Waals surface area contributed by atoms with Gasteiger partial charge in [0.05, 0.1) is 23.8 Å². The van der Waals surface area contributed by atoms with Gasteiger partial charge in [-0.2, -0.15) is 0 Å². The Kier molecular flexibility index (Phi) is 4.42. The van der Waals surface area contributed by atoms with Crippen LogP contribution in [0.2, 0.25) is 5.15 Å². The van der Waals surface area contributed by atoms with Crippen molar-refractivity contribution in [2.75, 3.05) is 7.11 Å². The van der Waals surface area contributed by atoms with Gasteiger partial charge in [-0.3, -0.25) is 4.79 Å². The van der Waals surface area contributed by atoms with Crippen LogP contribution in [-0.4, -0.2) is 23.0 Å². The average molecular weight is 353 g/mol. The Morgan fingerprint density at radius 2 is 2.23 bits per heavy atom. The minimum atomic E-state index is -0.215. The fourth-order valence-electron chi connectivity index (χ4n) is 2.21. The molecule has 3 aromatic rings. The molecule has 0 aliphatic carbocycles. The smallest absolute Gasteiger partial charge is 0.305 e. The molecule has 0 N–H and O–H groups in total. The molecule has 0 bridgehead atoms. The van der Waals surface area contributed by atoms with Gasteiger partial charge < -0.3 is 4.74 Å². The van der Waals surface area contributed by atoms with Gasteiger partial charge in [0, 0.05) is 4.88 Å². The molecule has 0 spiro atoms. The lowest BCUT2D eigenvalue weighted by molar-refractivity contribution is -0.140. The monoisotopic (exact) mass is 352 g/mol. The third-order valence-corrected chi connectivity index (χ3v) is 5.75. The summed E-state index contributed by atoms with van der Waals surface area (Å²) in [7, 11) is 1.40. The molecule has 0 saturated carbocycles. The van der Waals surface area contributed by atoms with E-state index in [-0.39, 0.29) is 5.97 Å². The van der Waals surface area contributed by atoms with E-state index in [1.807, 2.05) is 24.4 Å². The Morgan fingerprint density at radius 3 is 2.91 bits per heavy atom. The lowest BCUT2D eigenvalue weighted by Crippen LogP contribution is -2.01. The van der Waals surface area contributed by atoms with Crippen molar-refractivity contribution in [1.82, 2.24) is 9.97 Å². The number of hydrogen-bond acceptors (Lipinski definition) is 6. The van der Waals surface area contributed by atoms with Crippen molar-refractivity contribution in [2.24, 2.45) is 0 Å². The first kappa shape index (κ1) is 15.4. The van der Waals surface area contributed by atoms with Crippen LogP contribution in [0.1, 0.15) is 16.9 Å². The molecule has 3 rings (SSSR count). The summed E-state index contributed by atoms with van der Waals surface area (Å²) >= 11 is 9.50. The van der Waals surface area contributed by atoms with Gasteiger partial charge in [-0.05, 0) is 30.4 Å². The number of fused-ring (bicyclic) bond motifs is 1. The van der Waals surface area contributed by atoms with Gasteiger partial charge in [0.1, 0.15) is 9.98 Å². The minimum absolute atomic E-state index is 0.215. The molecule has 7 heteroatoms. The molecule has 0 aromatic carbocycles. The van der Waals surface area contributed by atoms with E-state index in [1.165, 1.54) is 7.11 Å². The summed E-state index contributed by atoms with van der Waals surface area (Å²) in [6.45, 7) is 1.99. The Hall–Kier alpha value is -1.50. The summed E-state index contributed by atoms with van der Waals surface area (Å²) in [6.07, 6.45) is 0.983. The van der Waals surface area contributed by atoms with E-state index in [0.29, 0.717) is 23.8 Å². The first-order valence-electron chi connectivity index (χ1n) is 6.66. The van der Waals surface area contributed by atoms with Crippen molar-refractivity contribution in [3.63, 3.8) is 0 Å². The van der Waals surface area contributed by atoms with Crippen LogP contribution >= 0.6 is 34.3 Å². The van der Waals surface area contributed by atoms with Crippen LogP contribution in [-0.2, 0) is 16.0 Å². The number of ether oxygens (including phenoxy) is 1. The molecule has 22 heavy (non-hydrogen) atoms. The van der Waals surface area contributed by atoms with E-state index in [9.17, 15) is 4.79 Å². The Bertz CT molecular complexity index is 828. The number of carbonyl (C=O) groups excluding carboxylic acids is 1. The van der Waals surface area contributed by atoms with Crippen molar-refractivity contribution in [3.8, 4) is 10.7 Å². The molecule has 0 amide bonds. The third-order valence-electron chi connectivity index (χ3n) is 3.37. The minimum Gasteiger partial charge on any atom is -0.469 e. The van der Waals surface area contributed by atoms with Crippen molar-refractivity contribution in [1.29, 1.82) is 0 Å². The third kappa shape index (κ3) is 2.86. The van der Waals surface area contributed by atoms with Crippen molar-refractivity contribution in [3.05, 3.63) is 33.1 Å². The molecule has 3 aromatic heterocycles. The standard InChI is InChI=1S/C15H13ClN2O2S2/c1-8-9(5-6-11(19)20-2)22-15-12(8)13(16)17-14(18-15)10-4-3-7-21-10/h3-4,7H,5-6H2,1-2H3. The topological polar surface area (TPSA) is 52.1 Å². The lowest BCUT2D eigenvalue weighted by Gasteiger charge is -2.00. The van der Waals surface area contributed by atoms with Gasteiger partial charge in [0.2, 0.25) is 0 Å². The fraction of sp³-hybridized carbons (Fsp3) is 0.267. The predicted octanol–water partition coefficient (Wildman–Crippen LogP) is 4.49. The molecular formula is C15H13ClN2O2S2. The molecule has 0 atom stereocenters. The molecule has 4 nitrogen and oxygen atoms in total. The second kappa shape index (κ2) is 6.32. The number of halogens is 1. The number of aryl methyl sites for hydroxylation is 2. The molecule has 0 saturated heterocycles. The van der Waals surface area contributed by atoms with Crippen molar-refractivity contribution < 1.29 is 9.53 Å². The normalized spacial score (nSPS) is 11.0. The van der Waals surface area contributed by atoms with Crippen LogP contribution in [0.15, 0.2) is 17.5 Å². The van der Waals surface area contributed by atoms with Gasteiger partial charge in [-0.25, -0.2) is 9.97 Å². The SMILES string of the molecule is COC(=O)CCc1sc2nc(-c3cccs3)nc(Cl)c2c1C. The molecule has 0 fully saturated rings. The van der Waals surface area contributed by atoms with E-state index < -0.39 is 0 Å². The summed E-state index contributed by atoms with van der Waals surface area (Å²) < 4.78 is 4.69. The first-order chi connectivity index (χ1) is 10.6. The number of esters is 1. The number of methoxy groups -OCH3 is 1. The van der Waals surface area contributed by atoms with Gasteiger partial charge in [0.15, 0.2) is 5.82 Å². The van der Waals surface area contributed by atoms with E-state index in [0.717, 1.165) is 25.5 Å². The van der Waals surface area contributed by atoms with Gasteiger partial charge in [0.25, 0.3) is 0 Å². The highest BCUT2D eigenvalue weighted by molar-refractivity contribution is 7.19. The van der Waals surface area contributed by atoms with Crippen molar-refractivity contribution in [2.45, 2.75) is 19.8 Å². The Balaban J connectivity index is 2.02. The molecule has 0 aliphatic rings. The maximum absolute atomic E-state index is 11.3. The van der Waals surface area contributed by atoms with Crippen LogP contribution in [0.4, 0.5) is 0 Å². The van der Waals surface area contributed by atoms with Crippen LogP contribution < -0.4 is 0 Å². The zero-order valence-electron chi connectivity index (χ0n) is 12.1. The van der Waals surface area contributed by atoms with E-state index in [2.05, 4.69) is 9.97 Å². The van der Waals surface area contributed by atoms with Crippen LogP contribution in [0.3, 0.4) is 0 Å². The molecule has 3 heterocycles. The number of rotatable bonds is 4. The quantitative estimate of drug-likeness (QED) is 0.513. The second-order valence-corrected chi connectivity index (χ2v) is 7.11. The largest absolute Gasteiger partial charge is 0.469 e. The number of hydrogen-bond donors (Lipinski definition) is 0. The summed E-state index contributed by atoms with van der Waals surface area (Å²) in [4.78, 5) is 23.3. The highest BCUT2D eigenvalue weighted by Gasteiger charge is 2.17. The predicted molar refractivity (Wildman–Crippen MR) is 90.8 cm³/mol. The highest BCUT2D eigenvalue weighted by Crippen LogP contribution is 2.36. The maximum Gasteiger partial charge on any atom is 0.305 e. The molecule has 0 unspecified atom stereocenters. The number of nitrogens with zero attached hydrogens (tertiary/aromatic N) is 2. The maximum atomic E-state index is 11.3. The lowest BCUT2D eigenvalue weighted by atomic mass is 10.1. The first-order valence-corrected chi connectivity index (χ1v) is 8.73. The number of thiophene rings is 2. The van der Waals surface area contributed by atoms with Gasteiger partial charge in [-0.1, -0.05) is 17.7 Å². The summed E-state index contributed by atoms with van der Waals surface area (Å²) in [6, 6.07) is 3.93. The van der Waals surface area contributed by atoms with E-state index in [4.69, 9.17) is 16.3 Å². The molecule has 0 aliphatic heterocycles. The zero-order valence-corrected chi connectivity index (χ0v) is 14.4. The second-order valence-electron chi connectivity index (χ2n) is 4.72. The summed E-state index contributed by atoms with van der Waals surface area (Å²) in [5.74, 6) is 0.432. The summed E-state index contributed by atoms with van der Waals surface area (Å²) in [5, 5.41) is 3.33. The molecule has 114 valence electrons. The fourth-order valence-corrected chi connectivity index (χ4v) is 4.41. The Morgan fingerprint density at radius 1 is 1.41 bits per heavy atom. The summed E-state index contributed by atoms with van der Waals surface area (Å²) in [5.41, 5.74) is 1.05. The molecular weight excluding hydrogens is 340 g/mol. The van der Waals surface area contributed by atoms with Crippen LogP contribution in [0.25, 0.3) is 20.9 Å². The number of aromatic nitrogens is 2. The van der Waals surface area contributed by atoms with Crippen LogP contribution in [0.5, 0.6) is 0 Å².